The minimum absolute atomic E-state index is 0.0329. The van der Waals surface area contributed by atoms with Gasteiger partial charge in [0.2, 0.25) is 0 Å². The molecule has 0 radical (unpaired) electrons. The van der Waals surface area contributed by atoms with Gasteiger partial charge in [-0.15, -0.1) is 0 Å². The molecule has 1 aliphatic heterocycles. The van der Waals surface area contributed by atoms with Crippen LogP contribution in [-0.2, 0) is 12.1 Å². The zero-order valence-corrected chi connectivity index (χ0v) is 21.4. The fraction of sp³-hybridized carbons (Fsp3) is 0.552. The Morgan fingerprint density at radius 2 is 1.69 bits per heavy atom. The lowest BCUT2D eigenvalue weighted by Crippen LogP contribution is -2.59. The van der Waals surface area contributed by atoms with Crippen molar-refractivity contribution in [3.63, 3.8) is 0 Å². The third-order valence-electron chi connectivity index (χ3n) is 8.98. The second-order valence-corrected chi connectivity index (χ2v) is 11.2. The van der Waals surface area contributed by atoms with E-state index in [0.717, 1.165) is 56.3 Å². The zero-order valence-electron chi connectivity index (χ0n) is 21.4. The number of rotatable bonds is 7. The molecule has 2 amide bonds. The number of carbonyl (C=O) groups excluding carboxylic acids is 1. The van der Waals surface area contributed by atoms with Crippen LogP contribution >= 0.6 is 0 Å². The van der Waals surface area contributed by atoms with Crippen LogP contribution in [0, 0.1) is 0 Å². The van der Waals surface area contributed by atoms with Gasteiger partial charge >= 0.3 is 6.03 Å². The van der Waals surface area contributed by atoms with E-state index in [1.165, 1.54) is 5.56 Å². The monoisotopic (exact) mass is 477 g/mol. The summed E-state index contributed by atoms with van der Waals surface area (Å²) in [4.78, 5) is 20.2. The number of aliphatic hydroxyl groups is 1. The van der Waals surface area contributed by atoms with Crippen molar-refractivity contribution in [2.45, 2.75) is 68.2 Å². The Bertz CT molecular complexity index is 1040. The van der Waals surface area contributed by atoms with Crippen LogP contribution < -0.4 is 4.74 Å². The van der Waals surface area contributed by atoms with E-state index in [1.54, 1.807) is 7.11 Å². The van der Waals surface area contributed by atoms with E-state index in [0.29, 0.717) is 19.6 Å². The molecule has 6 heteroatoms. The van der Waals surface area contributed by atoms with E-state index in [-0.39, 0.29) is 17.1 Å². The second kappa shape index (κ2) is 9.14. The van der Waals surface area contributed by atoms with Gasteiger partial charge < -0.3 is 19.6 Å². The number of β-amino-alcohol motifs (C(OH)–C–C–N with tert-alkyl or cyclic N) is 1. The van der Waals surface area contributed by atoms with Gasteiger partial charge in [0.05, 0.1) is 24.8 Å². The molecule has 1 spiro atoms. The lowest BCUT2D eigenvalue weighted by molar-refractivity contribution is -0.0725. The van der Waals surface area contributed by atoms with Crippen molar-refractivity contribution in [3.05, 3.63) is 65.7 Å². The molecule has 2 aromatic rings. The Morgan fingerprint density at radius 3 is 2.29 bits per heavy atom. The van der Waals surface area contributed by atoms with Crippen LogP contribution in [0.1, 0.15) is 56.1 Å². The highest BCUT2D eigenvalue weighted by Crippen LogP contribution is 2.50. The summed E-state index contributed by atoms with van der Waals surface area (Å²) >= 11 is 0. The van der Waals surface area contributed by atoms with Gasteiger partial charge in [0.15, 0.2) is 0 Å². The summed E-state index contributed by atoms with van der Waals surface area (Å²) in [6, 6.07) is 18.8. The molecule has 2 aliphatic carbocycles. The first-order chi connectivity index (χ1) is 16.8. The number of hydrogen-bond acceptors (Lipinski definition) is 4. The van der Waals surface area contributed by atoms with Gasteiger partial charge in [-0.1, -0.05) is 42.5 Å². The molecule has 3 fully saturated rings. The molecule has 1 heterocycles. The Kier molecular flexibility index (Phi) is 6.30. The molecule has 5 rings (SSSR count). The van der Waals surface area contributed by atoms with Gasteiger partial charge in [0.1, 0.15) is 5.75 Å². The van der Waals surface area contributed by atoms with E-state index >= 15 is 0 Å². The highest BCUT2D eigenvalue weighted by atomic mass is 16.5. The molecule has 2 saturated carbocycles. The number of hydrogen-bond donors (Lipinski definition) is 1. The van der Waals surface area contributed by atoms with Gasteiger partial charge in [-0.05, 0) is 82.3 Å². The van der Waals surface area contributed by atoms with Crippen LogP contribution in [-0.4, -0.2) is 71.3 Å². The quantitative estimate of drug-likeness (QED) is 0.632. The maximum absolute atomic E-state index is 13.8. The molecular formula is C29H39N3O3. The number of ether oxygens (including phenoxy) is 1. The molecule has 1 saturated heterocycles. The minimum atomic E-state index is -0.732. The van der Waals surface area contributed by atoms with Crippen molar-refractivity contribution in [2.24, 2.45) is 0 Å². The van der Waals surface area contributed by atoms with Crippen LogP contribution in [0.4, 0.5) is 4.79 Å². The molecule has 188 valence electrons. The second-order valence-electron chi connectivity index (χ2n) is 11.2. The Labute approximate surface area is 209 Å². The summed E-state index contributed by atoms with van der Waals surface area (Å²) < 4.78 is 5.40. The highest BCUT2D eigenvalue weighted by Gasteiger charge is 2.56. The van der Waals surface area contributed by atoms with Gasteiger partial charge in [0, 0.05) is 18.6 Å². The fourth-order valence-electron chi connectivity index (χ4n) is 6.57. The lowest BCUT2D eigenvalue weighted by Gasteiger charge is -2.52. The highest BCUT2D eigenvalue weighted by molar-refractivity contribution is 5.78. The molecule has 3 aliphatic rings. The van der Waals surface area contributed by atoms with Crippen LogP contribution in [0.25, 0.3) is 0 Å². The fourth-order valence-corrected chi connectivity index (χ4v) is 6.57. The van der Waals surface area contributed by atoms with Crippen molar-refractivity contribution in [1.29, 1.82) is 0 Å². The van der Waals surface area contributed by atoms with Gasteiger partial charge in [0.25, 0.3) is 0 Å². The number of carbonyl (C=O) groups is 1. The van der Waals surface area contributed by atoms with Gasteiger partial charge in [-0.2, -0.15) is 0 Å². The molecule has 0 aromatic heterocycles. The topological polar surface area (TPSA) is 56.3 Å². The normalized spacial score (nSPS) is 28.0. The number of amides is 2. The predicted molar refractivity (Wildman–Crippen MR) is 137 cm³/mol. The van der Waals surface area contributed by atoms with Crippen LogP contribution in [0.3, 0.4) is 0 Å². The standard InChI is InChI=1S/C29H39N3O3/c1-30(2)29(24-10-5-4-6-11-24)17-15-27(16-18-29)21-31(20-23-9-7-12-25(19-23)35-3)26(33)32(27)22-28(34)13-8-14-28/h4-7,9-12,19,34H,8,13-18,20-22H2,1-3H3/t27-,29-. The number of benzene rings is 2. The van der Waals surface area contributed by atoms with E-state index in [2.05, 4.69) is 60.3 Å². The van der Waals surface area contributed by atoms with Gasteiger partial charge in [-0.3, -0.25) is 4.90 Å². The first-order valence-corrected chi connectivity index (χ1v) is 12.9. The van der Waals surface area contributed by atoms with E-state index in [4.69, 9.17) is 4.74 Å². The summed E-state index contributed by atoms with van der Waals surface area (Å²) in [6.07, 6.45) is 6.44. The van der Waals surface area contributed by atoms with Gasteiger partial charge in [-0.25, -0.2) is 4.79 Å². The lowest BCUT2D eigenvalue weighted by atomic mass is 9.67. The van der Waals surface area contributed by atoms with Crippen molar-refractivity contribution in [3.8, 4) is 5.75 Å². The first kappa shape index (κ1) is 24.1. The van der Waals surface area contributed by atoms with Crippen LogP contribution in [0.15, 0.2) is 54.6 Å². The van der Waals surface area contributed by atoms with Crippen molar-refractivity contribution in [1.82, 2.24) is 14.7 Å². The zero-order chi connectivity index (χ0) is 24.7. The molecule has 35 heavy (non-hydrogen) atoms. The average molecular weight is 478 g/mol. The van der Waals surface area contributed by atoms with Crippen molar-refractivity contribution >= 4 is 6.03 Å². The van der Waals surface area contributed by atoms with E-state index < -0.39 is 5.60 Å². The summed E-state index contributed by atoms with van der Waals surface area (Å²) in [5, 5.41) is 11.1. The first-order valence-electron chi connectivity index (χ1n) is 12.9. The summed E-state index contributed by atoms with van der Waals surface area (Å²) in [6.45, 7) is 1.71. The minimum Gasteiger partial charge on any atom is -0.497 e. The number of nitrogens with zero attached hydrogens (tertiary/aromatic N) is 3. The van der Waals surface area contributed by atoms with Crippen LogP contribution in [0.5, 0.6) is 5.75 Å². The molecule has 0 atom stereocenters. The molecule has 2 aromatic carbocycles. The molecule has 6 nitrogen and oxygen atoms in total. The smallest absolute Gasteiger partial charge is 0.321 e. The SMILES string of the molecule is COc1cccc(CN2C[C@]3(CC[C@@](c4ccccc4)(N(C)C)CC3)N(CC3(O)CCC3)C2=O)c1. The van der Waals surface area contributed by atoms with Crippen molar-refractivity contribution < 1.29 is 14.6 Å². The largest absolute Gasteiger partial charge is 0.497 e. The average Bonchev–Trinajstić information content (AvgIpc) is 3.09. The third kappa shape index (κ3) is 4.31. The molecule has 0 unspecified atom stereocenters. The summed E-state index contributed by atoms with van der Waals surface area (Å²) in [5.74, 6) is 0.806. The molecule has 0 bridgehead atoms. The Hall–Kier alpha value is -2.57. The van der Waals surface area contributed by atoms with Crippen LogP contribution in [0.2, 0.25) is 0 Å². The summed E-state index contributed by atoms with van der Waals surface area (Å²) in [7, 11) is 6.02. The third-order valence-corrected chi connectivity index (χ3v) is 8.98. The van der Waals surface area contributed by atoms with Crippen molar-refractivity contribution in [2.75, 3.05) is 34.3 Å². The van der Waals surface area contributed by atoms with E-state index in [9.17, 15) is 9.90 Å². The maximum atomic E-state index is 13.8. The number of urea groups is 1. The summed E-state index contributed by atoms with van der Waals surface area (Å²) in [5.41, 5.74) is 1.41. The van der Waals surface area contributed by atoms with E-state index in [1.807, 2.05) is 23.1 Å². The predicted octanol–water partition coefficient (Wildman–Crippen LogP) is 4.62. The molecule has 1 N–H and O–H groups in total. The molecular weight excluding hydrogens is 438 g/mol. The number of methoxy groups -OCH3 is 1. The Morgan fingerprint density at radius 1 is 0.971 bits per heavy atom. The maximum Gasteiger partial charge on any atom is 0.321 e. The Balaban J connectivity index is 1.42.